The van der Waals surface area contributed by atoms with Crippen molar-refractivity contribution in [2.75, 3.05) is 6.61 Å². The number of carbonyl (C=O) groups excluding carboxylic acids is 1. The van der Waals surface area contributed by atoms with E-state index in [1.54, 1.807) is 0 Å². The zero-order chi connectivity index (χ0) is 38.0. The summed E-state index contributed by atoms with van der Waals surface area (Å²) >= 11 is 0. The van der Waals surface area contributed by atoms with Crippen molar-refractivity contribution in [1.82, 2.24) is 5.32 Å². The molecule has 0 aliphatic heterocycles. The van der Waals surface area contributed by atoms with E-state index in [-0.39, 0.29) is 12.5 Å². The molecule has 52 heavy (non-hydrogen) atoms. The van der Waals surface area contributed by atoms with E-state index >= 15 is 0 Å². The van der Waals surface area contributed by atoms with Crippen LogP contribution in [0.3, 0.4) is 0 Å². The molecule has 1 amide bonds. The van der Waals surface area contributed by atoms with Gasteiger partial charge in [-0.1, -0.05) is 212 Å². The van der Waals surface area contributed by atoms with E-state index in [0.29, 0.717) is 12.8 Å². The molecule has 5 heteroatoms. The van der Waals surface area contributed by atoms with Gasteiger partial charge < -0.3 is 20.6 Å². The van der Waals surface area contributed by atoms with Gasteiger partial charge in [0.15, 0.2) is 0 Å². The summed E-state index contributed by atoms with van der Waals surface area (Å²) in [6.07, 6.45) is 51.5. The normalized spacial score (nSPS) is 13.7. The van der Waals surface area contributed by atoms with Gasteiger partial charge >= 0.3 is 0 Å². The summed E-state index contributed by atoms with van der Waals surface area (Å²) in [5.74, 6) is -0.155. The van der Waals surface area contributed by atoms with Gasteiger partial charge in [0.05, 0.1) is 18.8 Å². The van der Waals surface area contributed by atoms with Crippen LogP contribution in [-0.2, 0) is 4.79 Å². The molecule has 0 aliphatic carbocycles. The fourth-order valence-corrected chi connectivity index (χ4v) is 7.18. The van der Waals surface area contributed by atoms with Gasteiger partial charge in [0.25, 0.3) is 0 Å². The highest BCUT2D eigenvalue weighted by Gasteiger charge is 2.26. The highest BCUT2D eigenvalue weighted by molar-refractivity contribution is 5.76. The van der Waals surface area contributed by atoms with Gasteiger partial charge in [-0.3, -0.25) is 4.79 Å². The molecule has 0 aromatic rings. The second-order valence-electron chi connectivity index (χ2n) is 16.0. The zero-order valence-electron chi connectivity index (χ0n) is 35.0. The molecule has 0 spiro atoms. The van der Waals surface area contributed by atoms with Crippen LogP contribution in [0.5, 0.6) is 0 Å². The minimum Gasteiger partial charge on any atom is -0.394 e. The van der Waals surface area contributed by atoms with Crippen molar-refractivity contribution in [2.24, 2.45) is 0 Å². The van der Waals surface area contributed by atoms with Gasteiger partial charge in [-0.25, -0.2) is 0 Å². The lowest BCUT2D eigenvalue weighted by atomic mass is 10.0. The number of aliphatic hydroxyl groups is 3. The monoisotopic (exact) mass is 734 g/mol. The summed E-state index contributed by atoms with van der Waals surface area (Å²) in [7, 11) is 0. The molecule has 308 valence electrons. The number of unbranched alkanes of at least 4 members (excludes halogenated alkanes) is 30. The van der Waals surface area contributed by atoms with E-state index in [1.165, 1.54) is 173 Å². The van der Waals surface area contributed by atoms with Crippen molar-refractivity contribution in [3.8, 4) is 0 Å². The molecule has 0 fully saturated rings. The van der Waals surface area contributed by atoms with E-state index < -0.39 is 18.2 Å². The van der Waals surface area contributed by atoms with Gasteiger partial charge in [0.1, 0.15) is 6.10 Å². The van der Waals surface area contributed by atoms with Crippen molar-refractivity contribution < 1.29 is 20.1 Å². The van der Waals surface area contributed by atoms with Crippen LogP contribution in [0, 0.1) is 0 Å². The fraction of sp³-hybridized carbons (Fsp3) is 0.894. The van der Waals surface area contributed by atoms with E-state index in [0.717, 1.165) is 44.9 Å². The first-order valence-corrected chi connectivity index (χ1v) is 23.1. The maximum Gasteiger partial charge on any atom is 0.220 e. The molecular weight excluding hydrogens is 643 g/mol. The predicted molar refractivity (Wildman–Crippen MR) is 227 cm³/mol. The highest BCUT2D eigenvalue weighted by atomic mass is 16.3. The van der Waals surface area contributed by atoms with E-state index in [4.69, 9.17) is 0 Å². The van der Waals surface area contributed by atoms with Crippen molar-refractivity contribution in [2.45, 2.75) is 263 Å². The minimum atomic E-state index is -1.16. The summed E-state index contributed by atoms with van der Waals surface area (Å²) in [5, 5.41) is 33.5. The number of allylic oxidation sites excluding steroid dienone is 4. The Kier molecular flexibility index (Phi) is 41.6. The van der Waals surface area contributed by atoms with Crippen LogP contribution in [0.2, 0.25) is 0 Å². The van der Waals surface area contributed by atoms with Gasteiger partial charge in [-0.2, -0.15) is 0 Å². The first-order chi connectivity index (χ1) is 25.6. The molecule has 0 aliphatic rings. The third-order valence-corrected chi connectivity index (χ3v) is 10.8. The quantitative estimate of drug-likeness (QED) is 0.0371. The predicted octanol–water partition coefficient (Wildman–Crippen LogP) is 13.4. The van der Waals surface area contributed by atoms with Crippen LogP contribution in [0.25, 0.3) is 0 Å². The molecule has 0 radical (unpaired) electrons. The Morgan fingerprint density at radius 2 is 0.788 bits per heavy atom. The maximum atomic E-state index is 12.4. The third kappa shape index (κ3) is 37.2. The van der Waals surface area contributed by atoms with Crippen LogP contribution >= 0.6 is 0 Å². The molecule has 0 heterocycles. The zero-order valence-corrected chi connectivity index (χ0v) is 35.0. The molecule has 5 nitrogen and oxygen atoms in total. The molecule has 4 N–H and O–H groups in total. The highest BCUT2D eigenvalue weighted by Crippen LogP contribution is 2.16. The summed E-state index contributed by atoms with van der Waals surface area (Å²) in [4.78, 5) is 12.4. The summed E-state index contributed by atoms with van der Waals surface area (Å²) in [6.45, 7) is 4.18. The summed E-state index contributed by atoms with van der Waals surface area (Å²) in [5.41, 5.74) is 0. The summed E-state index contributed by atoms with van der Waals surface area (Å²) < 4.78 is 0. The van der Waals surface area contributed by atoms with Crippen LogP contribution in [0.15, 0.2) is 24.3 Å². The van der Waals surface area contributed by atoms with E-state index in [1.807, 2.05) is 0 Å². The third-order valence-electron chi connectivity index (χ3n) is 10.8. The molecule has 3 atom stereocenters. The molecule has 0 saturated heterocycles. The number of rotatable bonds is 42. The Balaban J connectivity index is 3.66. The molecule has 0 bridgehead atoms. The molecule has 0 rings (SSSR count). The van der Waals surface area contributed by atoms with Crippen molar-refractivity contribution in [1.29, 1.82) is 0 Å². The lowest BCUT2D eigenvalue weighted by Gasteiger charge is -2.26. The number of hydrogen-bond acceptors (Lipinski definition) is 4. The Bertz CT molecular complexity index is 768. The van der Waals surface area contributed by atoms with Gasteiger partial charge in [-0.05, 0) is 51.4 Å². The minimum absolute atomic E-state index is 0.155. The average molecular weight is 734 g/mol. The SMILES string of the molecule is CCCCCCCCCCCC/C=C/CC/C=C/CCCC(O)C(O)C(CO)NC(=O)CCCCCCCCCCCCCCCCCCCCC. The van der Waals surface area contributed by atoms with Crippen molar-refractivity contribution in [3.63, 3.8) is 0 Å². The van der Waals surface area contributed by atoms with E-state index in [2.05, 4.69) is 43.5 Å². The summed E-state index contributed by atoms with van der Waals surface area (Å²) in [6, 6.07) is -0.828. The number of amides is 1. The fourth-order valence-electron chi connectivity index (χ4n) is 7.18. The average Bonchev–Trinajstić information content (AvgIpc) is 3.15. The first-order valence-electron chi connectivity index (χ1n) is 23.1. The van der Waals surface area contributed by atoms with Gasteiger partial charge in [0, 0.05) is 6.42 Å². The van der Waals surface area contributed by atoms with Crippen LogP contribution in [0.1, 0.15) is 245 Å². The molecule has 0 aromatic heterocycles. The first kappa shape index (κ1) is 50.8. The van der Waals surface area contributed by atoms with Gasteiger partial charge in [0.2, 0.25) is 5.91 Å². The largest absolute Gasteiger partial charge is 0.394 e. The number of nitrogens with one attached hydrogen (secondary N) is 1. The second-order valence-corrected chi connectivity index (χ2v) is 16.0. The maximum absolute atomic E-state index is 12.4. The molecular formula is C47H91NO4. The smallest absolute Gasteiger partial charge is 0.220 e. The van der Waals surface area contributed by atoms with Crippen LogP contribution < -0.4 is 5.32 Å². The Hall–Kier alpha value is -1.17. The van der Waals surface area contributed by atoms with Crippen molar-refractivity contribution >= 4 is 5.91 Å². The standard InChI is InChI=1S/C47H91NO4/c1-3-5-7-9-11-13-15-17-19-21-23-25-27-29-31-33-35-37-39-41-45(50)47(52)44(43-49)48-46(51)42-40-38-36-34-32-30-28-26-24-22-20-18-16-14-12-10-8-6-4-2/h25,27,33,35,44-45,47,49-50,52H,3-24,26,28-32,34,36-43H2,1-2H3,(H,48,51)/b27-25+,35-33+. The topological polar surface area (TPSA) is 89.8 Å². The van der Waals surface area contributed by atoms with Gasteiger partial charge in [-0.15, -0.1) is 0 Å². The molecule has 0 aromatic carbocycles. The number of hydrogen-bond donors (Lipinski definition) is 4. The van der Waals surface area contributed by atoms with E-state index in [9.17, 15) is 20.1 Å². The molecule has 0 saturated carbocycles. The molecule has 3 unspecified atom stereocenters. The lowest BCUT2D eigenvalue weighted by molar-refractivity contribution is -0.124. The number of aliphatic hydroxyl groups excluding tert-OH is 3. The number of carbonyl (C=O) groups is 1. The van der Waals surface area contributed by atoms with Crippen LogP contribution in [-0.4, -0.2) is 46.1 Å². The van der Waals surface area contributed by atoms with Crippen LogP contribution in [0.4, 0.5) is 0 Å². The Morgan fingerprint density at radius 1 is 0.462 bits per heavy atom. The Labute approximate surface area is 324 Å². The van der Waals surface area contributed by atoms with Crippen molar-refractivity contribution in [3.05, 3.63) is 24.3 Å². The lowest BCUT2D eigenvalue weighted by Crippen LogP contribution is -2.50. The second kappa shape index (κ2) is 42.6. The Morgan fingerprint density at radius 3 is 1.17 bits per heavy atom.